The van der Waals surface area contributed by atoms with Crippen molar-refractivity contribution in [2.75, 3.05) is 20.3 Å². The summed E-state index contributed by atoms with van der Waals surface area (Å²) in [6.07, 6.45) is 1.79. The number of imide groups is 1. The highest BCUT2D eigenvalue weighted by atomic mass is 28.4. The third-order valence-electron chi connectivity index (χ3n) is 9.01. The predicted molar refractivity (Wildman–Crippen MR) is 163 cm³/mol. The minimum Gasteiger partial charge on any atom is -0.497 e. The van der Waals surface area contributed by atoms with E-state index in [-0.39, 0.29) is 53.5 Å². The first-order valence-electron chi connectivity index (χ1n) is 14.5. The Labute approximate surface area is 245 Å². The first kappa shape index (κ1) is 31.2. The molecular formula is C33H45NO6Si. The molecule has 2 unspecified atom stereocenters. The molecule has 5 atom stereocenters. The highest BCUT2D eigenvalue weighted by Crippen LogP contribution is 2.41. The van der Waals surface area contributed by atoms with Gasteiger partial charge < -0.3 is 18.6 Å². The van der Waals surface area contributed by atoms with Crippen molar-refractivity contribution in [1.29, 1.82) is 0 Å². The molecule has 2 aromatic rings. The number of hydrogen-bond donors (Lipinski definition) is 0. The van der Waals surface area contributed by atoms with Crippen LogP contribution < -0.4 is 4.74 Å². The van der Waals surface area contributed by atoms with Gasteiger partial charge in [-0.3, -0.25) is 14.5 Å². The first-order chi connectivity index (χ1) is 19.4. The molecule has 1 fully saturated rings. The summed E-state index contributed by atoms with van der Waals surface area (Å²) in [4.78, 5) is 27.8. The van der Waals surface area contributed by atoms with Crippen LogP contribution in [0.15, 0.2) is 61.2 Å². The summed E-state index contributed by atoms with van der Waals surface area (Å²) in [5.74, 6) is 0.592. The number of benzene rings is 2. The maximum absolute atomic E-state index is 13.2. The molecule has 0 aliphatic carbocycles. The van der Waals surface area contributed by atoms with Gasteiger partial charge >= 0.3 is 0 Å². The molecule has 1 saturated heterocycles. The second-order valence-corrected chi connectivity index (χ2v) is 17.5. The molecule has 0 bridgehead atoms. The van der Waals surface area contributed by atoms with Gasteiger partial charge in [0.05, 0.1) is 56.3 Å². The zero-order chi connectivity index (χ0) is 29.9. The third kappa shape index (κ3) is 6.83. The molecule has 2 aliphatic rings. The summed E-state index contributed by atoms with van der Waals surface area (Å²) < 4.78 is 24.8. The molecule has 0 spiro atoms. The van der Waals surface area contributed by atoms with Gasteiger partial charge in [-0.05, 0) is 53.9 Å². The van der Waals surface area contributed by atoms with Crippen molar-refractivity contribution in [3.05, 3.63) is 77.9 Å². The molecule has 8 heteroatoms. The van der Waals surface area contributed by atoms with E-state index < -0.39 is 8.32 Å². The van der Waals surface area contributed by atoms with Crippen molar-refractivity contribution in [2.45, 2.75) is 77.2 Å². The standard InChI is InChI=1S/C33H45NO6Si/c1-9-29-28(21-38-20-23-14-16-24(37-6)17-15-23)22(2)30(39-29)18-25(40-41(7,8)33(3,4)5)19-34-31(35)26-12-10-11-13-27(26)32(34)36/h9-17,22,25,28-30H,1,18-21H2,2-8H3/t22-,25?,28?,29+,30-/m1/s1. The lowest BCUT2D eigenvalue weighted by Crippen LogP contribution is -2.49. The first-order valence-corrected chi connectivity index (χ1v) is 17.4. The second kappa shape index (κ2) is 12.6. The topological polar surface area (TPSA) is 74.3 Å². The monoisotopic (exact) mass is 579 g/mol. The highest BCUT2D eigenvalue weighted by molar-refractivity contribution is 6.74. The molecule has 2 aliphatic heterocycles. The molecule has 4 rings (SSSR count). The van der Waals surface area contributed by atoms with Crippen LogP contribution in [-0.4, -0.2) is 63.6 Å². The number of carbonyl (C=O) groups excluding carboxylic acids is 2. The lowest BCUT2D eigenvalue weighted by Gasteiger charge is -2.40. The van der Waals surface area contributed by atoms with E-state index in [2.05, 4.69) is 47.4 Å². The van der Waals surface area contributed by atoms with E-state index >= 15 is 0 Å². The highest BCUT2D eigenvalue weighted by Gasteiger charge is 2.46. The Kier molecular flexibility index (Phi) is 9.58. The molecule has 2 heterocycles. The molecule has 222 valence electrons. The van der Waals surface area contributed by atoms with Crippen LogP contribution in [0.2, 0.25) is 18.1 Å². The summed E-state index contributed by atoms with van der Waals surface area (Å²) in [6, 6.07) is 14.9. The van der Waals surface area contributed by atoms with E-state index in [0.29, 0.717) is 30.8 Å². The van der Waals surface area contributed by atoms with E-state index in [0.717, 1.165) is 11.3 Å². The van der Waals surface area contributed by atoms with Crippen LogP contribution in [0.1, 0.15) is 60.4 Å². The Balaban J connectivity index is 1.47. The molecule has 0 N–H and O–H groups in total. The smallest absolute Gasteiger partial charge is 0.261 e. The summed E-state index contributed by atoms with van der Waals surface area (Å²) in [6.45, 7) is 18.4. The van der Waals surface area contributed by atoms with Crippen LogP contribution >= 0.6 is 0 Å². The van der Waals surface area contributed by atoms with Gasteiger partial charge in [0.2, 0.25) is 0 Å². The van der Waals surface area contributed by atoms with Crippen LogP contribution in [0.25, 0.3) is 0 Å². The van der Waals surface area contributed by atoms with Crippen LogP contribution in [0.4, 0.5) is 0 Å². The summed E-state index contributed by atoms with van der Waals surface area (Å²) in [5.41, 5.74) is 1.98. The molecular weight excluding hydrogens is 534 g/mol. The number of nitrogens with zero attached hydrogens (tertiary/aromatic N) is 1. The van der Waals surface area contributed by atoms with Crippen molar-refractivity contribution in [1.82, 2.24) is 4.90 Å². The molecule has 41 heavy (non-hydrogen) atoms. The van der Waals surface area contributed by atoms with E-state index in [1.54, 1.807) is 31.4 Å². The van der Waals surface area contributed by atoms with E-state index in [9.17, 15) is 9.59 Å². The third-order valence-corrected chi connectivity index (χ3v) is 13.5. The Morgan fingerprint density at radius 1 is 1.05 bits per heavy atom. The van der Waals surface area contributed by atoms with E-state index in [1.807, 2.05) is 30.3 Å². The summed E-state index contributed by atoms with van der Waals surface area (Å²) in [5, 5.41) is -0.0309. The number of carbonyl (C=O) groups is 2. The van der Waals surface area contributed by atoms with Gasteiger partial charge in [-0.1, -0.05) is 58.0 Å². The van der Waals surface area contributed by atoms with Gasteiger partial charge in [0.1, 0.15) is 5.75 Å². The fourth-order valence-electron chi connectivity index (χ4n) is 5.40. The minimum absolute atomic E-state index is 0.0309. The number of fused-ring (bicyclic) bond motifs is 1. The molecule has 0 saturated carbocycles. The Morgan fingerprint density at radius 3 is 2.20 bits per heavy atom. The lowest BCUT2D eigenvalue weighted by molar-refractivity contribution is 0.00844. The molecule has 0 aromatic heterocycles. The molecule has 2 amide bonds. The number of rotatable bonds is 12. The van der Waals surface area contributed by atoms with Crippen LogP contribution in [0.3, 0.4) is 0 Å². The van der Waals surface area contributed by atoms with Crippen molar-refractivity contribution in [3.8, 4) is 5.75 Å². The SMILES string of the molecule is C=C[C@@H]1O[C@H](CC(CN2C(=O)c3ccccc3C2=O)O[Si](C)(C)C(C)(C)C)[C@H](C)C1COCc1ccc(OC)cc1. The van der Waals surface area contributed by atoms with E-state index in [4.69, 9.17) is 18.6 Å². The second-order valence-electron chi connectivity index (χ2n) is 12.8. The molecule has 2 aromatic carbocycles. The van der Waals surface area contributed by atoms with Gasteiger partial charge in [0.25, 0.3) is 11.8 Å². The Morgan fingerprint density at radius 2 is 1.66 bits per heavy atom. The maximum Gasteiger partial charge on any atom is 0.261 e. The molecule has 0 radical (unpaired) electrons. The van der Waals surface area contributed by atoms with E-state index in [1.165, 1.54) is 4.90 Å². The predicted octanol–water partition coefficient (Wildman–Crippen LogP) is 6.49. The van der Waals surface area contributed by atoms with Gasteiger partial charge in [0.15, 0.2) is 8.32 Å². The number of amides is 2. The fourth-order valence-corrected chi connectivity index (χ4v) is 6.76. The Hall–Kier alpha value is -2.78. The van der Waals surface area contributed by atoms with Gasteiger partial charge in [-0.2, -0.15) is 0 Å². The zero-order valence-corrected chi connectivity index (χ0v) is 26.5. The molecule has 7 nitrogen and oxygen atoms in total. The van der Waals surface area contributed by atoms with Crippen LogP contribution in [-0.2, 0) is 20.5 Å². The normalized spacial score (nSPS) is 23.5. The summed E-state index contributed by atoms with van der Waals surface area (Å²) in [7, 11) is -0.571. The quantitative estimate of drug-likeness (QED) is 0.163. The van der Waals surface area contributed by atoms with Crippen LogP contribution in [0, 0.1) is 11.8 Å². The van der Waals surface area contributed by atoms with Crippen molar-refractivity contribution < 1.29 is 28.2 Å². The average molecular weight is 580 g/mol. The maximum atomic E-state index is 13.2. The summed E-state index contributed by atoms with van der Waals surface area (Å²) >= 11 is 0. The minimum atomic E-state index is -2.22. The van der Waals surface area contributed by atoms with Crippen molar-refractivity contribution in [3.63, 3.8) is 0 Å². The van der Waals surface area contributed by atoms with Crippen molar-refractivity contribution in [2.24, 2.45) is 11.8 Å². The Bertz CT molecular complexity index is 1200. The van der Waals surface area contributed by atoms with Crippen molar-refractivity contribution >= 4 is 20.1 Å². The van der Waals surface area contributed by atoms with Gasteiger partial charge in [-0.25, -0.2) is 0 Å². The largest absolute Gasteiger partial charge is 0.497 e. The lowest BCUT2D eigenvalue weighted by atomic mass is 9.87. The number of ether oxygens (including phenoxy) is 3. The zero-order valence-electron chi connectivity index (χ0n) is 25.5. The van der Waals surface area contributed by atoms with Gasteiger partial charge in [0, 0.05) is 12.3 Å². The fraction of sp³-hybridized carbons (Fsp3) is 0.515. The number of hydrogen-bond acceptors (Lipinski definition) is 6. The number of methoxy groups -OCH3 is 1. The van der Waals surface area contributed by atoms with Crippen LogP contribution in [0.5, 0.6) is 5.75 Å². The average Bonchev–Trinajstić information content (AvgIpc) is 3.36. The van der Waals surface area contributed by atoms with Gasteiger partial charge in [-0.15, -0.1) is 6.58 Å².